The van der Waals surface area contributed by atoms with Gasteiger partial charge in [0, 0.05) is 36.2 Å². The molecule has 0 aliphatic carbocycles. The zero-order chi connectivity index (χ0) is 15.1. The molecule has 1 heterocycles. The Morgan fingerprint density at radius 1 is 1.33 bits per heavy atom. The van der Waals surface area contributed by atoms with Crippen LogP contribution in [0.25, 0.3) is 0 Å². The minimum Gasteiger partial charge on any atom is -0.462 e. The number of rotatable bonds is 6. The Bertz CT molecular complexity index is 600. The molecule has 0 aliphatic heterocycles. The fraction of sp³-hybridized carbons (Fsp3) is 0.250. The highest BCUT2D eigenvalue weighted by atomic mass is 16.5. The van der Waals surface area contributed by atoms with Gasteiger partial charge in [0.15, 0.2) is 0 Å². The van der Waals surface area contributed by atoms with Gasteiger partial charge in [0.25, 0.3) is 0 Å². The van der Waals surface area contributed by atoms with Crippen LogP contribution in [-0.2, 0) is 11.2 Å². The Hall–Kier alpha value is -2.56. The zero-order valence-electron chi connectivity index (χ0n) is 12.0. The molecule has 5 heteroatoms. The van der Waals surface area contributed by atoms with Crippen molar-refractivity contribution in [2.45, 2.75) is 13.3 Å². The molecule has 0 bridgehead atoms. The first-order valence-corrected chi connectivity index (χ1v) is 6.91. The Kier molecular flexibility index (Phi) is 5.15. The van der Waals surface area contributed by atoms with E-state index in [9.17, 15) is 4.79 Å². The third kappa shape index (κ3) is 4.21. The third-order valence-electron chi connectivity index (χ3n) is 2.99. The highest BCUT2D eigenvalue weighted by molar-refractivity contribution is 5.96. The molecule has 0 aliphatic rings. The number of anilines is 2. The van der Waals surface area contributed by atoms with Crippen molar-refractivity contribution in [3.8, 4) is 0 Å². The first-order chi connectivity index (χ1) is 10.2. The molecule has 2 rings (SSSR count). The van der Waals surface area contributed by atoms with E-state index >= 15 is 0 Å². The highest BCUT2D eigenvalue weighted by Gasteiger charge is 2.11. The summed E-state index contributed by atoms with van der Waals surface area (Å²) in [5.74, 6) is -0.400. The number of nitrogens with two attached hydrogens (primary N) is 1. The van der Waals surface area contributed by atoms with Crippen LogP contribution < -0.4 is 11.1 Å². The van der Waals surface area contributed by atoms with Gasteiger partial charge < -0.3 is 15.8 Å². The van der Waals surface area contributed by atoms with Crippen LogP contribution in [0.2, 0.25) is 0 Å². The smallest absolute Gasteiger partial charge is 0.340 e. The highest BCUT2D eigenvalue weighted by Crippen LogP contribution is 2.19. The van der Waals surface area contributed by atoms with Gasteiger partial charge in [-0.3, -0.25) is 4.98 Å². The number of carbonyl (C=O) groups excluding carboxylic acids is 1. The summed E-state index contributed by atoms with van der Waals surface area (Å²) in [6.45, 7) is 2.82. The summed E-state index contributed by atoms with van der Waals surface area (Å²) in [4.78, 5) is 16.0. The molecule has 0 unspecified atom stereocenters. The van der Waals surface area contributed by atoms with Crippen molar-refractivity contribution < 1.29 is 9.53 Å². The molecule has 0 amide bonds. The average molecular weight is 285 g/mol. The minimum absolute atomic E-state index is 0.329. The van der Waals surface area contributed by atoms with Crippen LogP contribution in [0.4, 0.5) is 11.4 Å². The summed E-state index contributed by atoms with van der Waals surface area (Å²) in [5.41, 5.74) is 8.47. The van der Waals surface area contributed by atoms with Crippen molar-refractivity contribution >= 4 is 17.3 Å². The van der Waals surface area contributed by atoms with Gasteiger partial charge in [0.05, 0.1) is 12.2 Å². The summed E-state index contributed by atoms with van der Waals surface area (Å²) in [5, 5.41) is 3.25. The number of esters is 1. The molecule has 0 atom stereocenters. The van der Waals surface area contributed by atoms with Crippen molar-refractivity contribution in [1.29, 1.82) is 0 Å². The van der Waals surface area contributed by atoms with E-state index < -0.39 is 5.97 Å². The number of pyridine rings is 1. The Balaban J connectivity index is 1.97. The molecule has 21 heavy (non-hydrogen) atoms. The van der Waals surface area contributed by atoms with E-state index in [1.807, 2.05) is 24.3 Å². The number of carbonyl (C=O) groups is 1. The predicted molar refractivity (Wildman–Crippen MR) is 83.2 cm³/mol. The van der Waals surface area contributed by atoms with Crippen LogP contribution in [0.15, 0.2) is 42.6 Å². The number of benzene rings is 1. The van der Waals surface area contributed by atoms with E-state index in [1.54, 1.807) is 25.3 Å². The van der Waals surface area contributed by atoms with Gasteiger partial charge in [-0.15, -0.1) is 0 Å². The van der Waals surface area contributed by atoms with Crippen molar-refractivity contribution in [3.05, 3.63) is 53.9 Å². The summed E-state index contributed by atoms with van der Waals surface area (Å²) < 4.78 is 4.98. The molecule has 110 valence electrons. The van der Waals surface area contributed by atoms with Gasteiger partial charge >= 0.3 is 5.97 Å². The summed E-state index contributed by atoms with van der Waals surface area (Å²) in [6.07, 6.45) is 2.58. The standard InChI is InChI=1S/C16H19N3O2/c1-2-21-16(20)14-11-13(6-7-15(14)17)19-10-8-12-5-3-4-9-18-12/h3-7,9,11,19H,2,8,10,17H2,1H3. The first kappa shape index (κ1) is 14.8. The lowest BCUT2D eigenvalue weighted by atomic mass is 10.1. The SMILES string of the molecule is CCOC(=O)c1cc(NCCc2ccccn2)ccc1N. The molecule has 0 saturated carbocycles. The topological polar surface area (TPSA) is 77.2 Å². The lowest BCUT2D eigenvalue weighted by molar-refractivity contribution is 0.0527. The Morgan fingerprint density at radius 2 is 2.19 bits per heavy atom. The Morgan fingerprint density at radius 3 is 2.90 bits per heavy atom. The normalized spacial score (nSPS) is 10.1. The summed E-state index contributed by atoms with van der Waals surface area (Å²) in [6, 6.07) is 11.1. The van der Waals surface area contributed by atoms with Crippen LogP contribution in [0.1, 0.15) is 23.0 Å². The number of hydrogen-bond donors (Lipinski definition) is 2. The van der Waals surface area contributed by atoms with Gasteiger partial charge in [-0.05, 0) is 37.3 Å². The van der Waals surface area contributed by atoms with Crippen LogP contribution >= 0.6 is 0 Å². The van der Waals surface area contributed by atoms with Gasteiger partial charge in [0.1, 0.15) is 0 Å². The lowest BCUT2D eigenvalue weighted by Gasteiger charge is -2.10. The van der Waals surface area contributed by atoms with E-state index in [0.29, 0.717) is 17.9 Å². The number of hydrogen-bond acceptors (Lipinski definition) is 5. The second kappa shape index (κ2) is 7.28. The van der Waals surface area contributed by atoms with Gasteiger partial charge in [-0.1, -0.05) is 6.07 Å². The lowest BCUT2D eigenvalue weighted by Crippen LogP contribution is -2.10. The molecule has 2 aromatic rings. The van der Waals surface area contributed by atoms with Crippen molar-refractivity contribution in [2.24, 2.45) is 0 Å². The quantitative estimate of drug-likeness (QED) is 0.630. The van der Waals surface area contributed by atoms with Gasteiger partial charge in [-0.25, -0.2) is 4.79 Å². The minimum atomic E-state index is -0.400. The molecule has 5 nitrogen and oxygen atoms in total. The molecular formula is C16H19N3O2. The fourth-order valence-electron chi connectivity index (χ4n) is 1.93. The van der Waals surface area contributed by atoms with Crippen LogP contribution in [0.3, 0.4) is 0 Å². The number of nitrogen functional groups attached to an aromatic ring is 1. The molecule has 0 spiro atoms. The molecule has 1 aromatic heterocycles. The van der Waals surface area contributed by atoms with Crippen molar-refractivity contribution in [3.63, 3.8) is 0 Å². The van der Waals surface area contributed by atoms with Gasteiger partial charge in [0.2, 0.25) is 0 Å². The molecule has 0 fully saturated rings. The molecule has 3 N–H and O–H groups in total. The van der Waals surface area contributed by atoms with Crippen LogP contribution in [0.5, 0.6) is 0 Å². The molecule has 0 saturated heterocycles. The molecule has 0 radical (unpaired) electrons. The number of aromatic nitrogens is 1. The van der Waals surface area contributed by atoms with Gasteiger partial charge in [-0.2, -0.15) is 0 Å². The van der Waals surface area contributed by atoms with Crippen molar-refractivity contribution in [1.82, 2.24) is 4.98 Å². The number of nitrogens with one attached hydrogen (secondary N) is 1. The molecular weight excluding hydrogens is 266 g/mol. The monoisotopic (exact) mass is 285 g/mol. The Labute approximate surface area is 124 Å². The van der Waals surface area contributed by atoms with E-state index in [-0.39, 0.29) is 0 Å². The maximum Gasteiger partial charge on any atom is 0.340 e. The summed E-state index contributed by atoms with van der Waals surface area (Å²) >= 11 is 0. The maximum absolute atomic E-state index is 11.8. The van der Waals surface area contributed by atoms with E-state index in [2.05, 4.69) is 10.3 Å². The van der Waals surface area contributed by atoms with Crippen molar-refractivity contribution in [2.75, 3.05) is 24.2 Å². The van der Waals surface area contributed by atoms with E-state index in [1.165, 1.54) is 0 Å². The van der Waals surface area contributed by atoms with Crippen LogP contribution in [0, 0.1) is 0 Å². The number of nitrogens with zero attached hydrogens (tertiary/aromatic N) is 1. The second-order valence-corrected chi connectivity index (χ2v) is 4.52. The predicted octanol–water partition coefficient (Wildman–Crippen LogP) is 2.50. The second-order valence-electron chi connectivity index (χ2n) is 4.52. The zero-order valence-corrected chi connectivity index (χ0v) is 12.0. The fourth-order valence-corrected chi connectivity index (χ4v) is 1.93. The largest absolute Gasteiger partial charge is 0.462 e. The molecule has 1 aromatic carbocycles. The van der Waals surface area contributed by atoms with Crippen LogP contribution in [-0.4, -0.2) is 24.1 Å². The summed E-state index contributed by atoms with van der Waals surface area (Å²) in [7, 11) is 0. The van der Waals surface area contributed by atoms with E-state index in [4.69, 9.17) is 10.5 Å². The maximum atomic E-state index is 11.8. The van der Waals surface area contributed by atoms with E-state index in [0.717, 1.165) is 24.3 Å². The first-order valence-electron chi connectivity index (χ1n) is 6.91. The average Bonchev–Trinajstić information content (AvgIpc) is 2.50. The third-order valence-corrected chi connectivity index (χ3v) is 2.99. The number of ether oxygens (including phenoxy) is 1.